The van der Waals surface area contributed by atoms with Crippen LogP contribution in [0.25, 0.3) is 6.08 Å². The van der Waals surface area contributed by atoms with Gasteiger partial charge >= 0.3 is 7.12 Å². The van der Waals surface area contributed by atoms with E-state index in [2.05, 4.69) is 42.8 Å². The molecule has 1 aromatic carbocycles. The molecule has 5 rings (SSSR count). The number of carbonyl (C=O) groups is 2. The third kappa shape index (κ3) is 5.86. The predicted molar refractivity (Wildman–Crippen MR) is 161 cm³/mol. The second-order valence-corrected chi connectivity index (χ2v) is 13.4. The molecule has 4 aliphatic rings. The van der Waals surface area contributed by atoms with Crippen molar-refractivity contribution in [3.63, 3.8) is 0 Å². The molecule has 0 spiro atoms. The molecule has 4 atom stereocenters. The Morgan fingerprint density at radius 3 is 2.60 bits per heavy atom. The quantitative estimate of drug-likeness (QED) is 0.190. The van der Waals surface area contributed by atoms with E-state index in [1.807, 2.05) is 12.1 Å². The largest absolute Gasteiger partial charge is 0.507 e. The van der Waals surface area contributed by atoms with Crippen molar-refractivity contribution < 1.29 is 24.4 Å². The Morgan fingerprint density at radius 2 is 1.90 bits per heavy atom. The van der Waals surface area contributed by atoms with Gasteiger partial charge in [0, 0.05) is 16.1 Å². The zero-order valence-electron chi connectivity index (χ0n) is 24.1. The second kappa shape index (κ2) is 12.5. The topological polar surface area (TPSA) is 87.1 Å². The Balaban J connectivity index is 1.43. The first-order valence-electron chi connectivity index (χ1n) is 15.3. The predicted octanol–water partition coefficient (Wildman–Crippen LogP) is 6.90. The third-order valence-corrected chi connectivity index (χ3v) is 10.1. The summed E-state index contributed by atoms with van der Waals surface area (Å²) in [7, 11) is -0.953. The first kappa shape index (κ1) is 29.6. The van der Waals surface area contributed by atoms with Crippen LogP contribution in [0, 0.1) is 23.7 Å². The second-order valence-electron chi connectivity index (χ2n) is 12.5. The van der Waals surface area contributed by atoms with E-state index in [0.717, 1.165) is 60.6 Å². The summed E-state index contributed by atoms with van der Waals surface area (Å²) in [4.78, 5) is 29.3. The van der Waals surface area contributed by atoms with Gasteiger partial charge in [0.2, 0.25) is 11.8 Å². The average Bonchev–Trinajstić information content (AvgIpc) is 3.18. The lowest BCUT2D eigenvalue weighted by Gasteiger charge is -2.44. The molecule has 3 fully saturated rings. The van der Waals surface area contributed by atoms with Crippen molar-refractivity contribution in [1.29, 1.82) is 0 Å². The van der Waals surface area contributed by atoms with Gasteiger partial charge in [0.1, 0.15) is 5.75 Å². The number of imide groups is 1. The number of fused-ring (bicyclic) bond motifs is 3. The van der Waals surface area contributed by atoms with E-state index < -0.39 is 13.0 Å². The van der Waals surface area contributed by atoms with Gasteiger partial charge in [-0.2, -0.15) is 0 Å². The van der Waals surface area contributed by atoms with Gasteiger partial charge in [-0.15, -0.1) is 0 Å². The van der Waals surface area contributed by atoms with Crippen LogP contribution in [0.5, 0.6) is 5.75 Å². The molecule has 8 heteroatoms. The fourth-order valence-corrected chi connectivity index (χ4v) is 8.12. The van der Waals surface area contributed by atoms with Gasteiger partial charge in [0.05, 0.1) is 17.9 Å². The molecule has 2 aliphatic heterocycles. The third-order valence-electron chi connectivity index (χ3n) is 9.56. The van der Waals surface area contributed by atoms with Crippen LogP contribution in [0.1, 0.15) is 90.5 Å². The molecule has 2 heterocycles. The highest BCUT2D eigenvalue weighted by Gasteiger charge is 2.58. The number of aromatic hydroxyl groups is 1. The molecule has 216 valence electrons. The van der Waals surface area contributed by atoms with Crippen LogP contribution in [0.3, 0.4) is 0 Å². The van der Waals surface area contributed by atoms with Crippen LogP contribution in [-0.2, 0) is 14.2 Å². The maximum absolute atomic E-state index is 13.9. The van der Waals surface area contributed by atoms with Gasteiger partial charge < -0.3 is 14.8 Å². The van der Waals surface area contributed by atoms with Gasteiger partial charge in [-0.1, -0.05) is 79.6 Å². The Bertz CT molecular complexity index is 1190. The normalized spacial score (nSPS) is 28.0. The highest BCUT2D eigenvalue weighted by atomic mass is 79.9. The van der Waals surface area contributed by atoms with E-state index in [-0.39, 0.29) is 47.5 Å². The van der Waals surface area contributed by atoms with Crippen molar-refractivity contribution in [2.24, 2.45) is 23.7 Å². The lowest BCUT2D eigenvalue weighted by atomic mass is 9.57. The molecule has 1 aromatic rings. The number of phenols is 1. The molecule has 2 aliphatic carbocycles. The van der Waals surface area contributed by atoms with E-state index >= 15 is 0 Å². The molecule has 0 radical (unpaired) electrons. The Hall–Kier alpha value is -1.90. The first-order valence-corrected chi connectivity index (χ1v) is 16.1. The molecule has 6 nitrogen and oxygen atoms in total. The molecule has 40 heavy (non-hydrogen) atoms. The maximum Gasteiger partial charge on any atom is 0.455 e. The number of hydrogen-bond donors (Lipinski definition) is 2. The highest BCUT2D eigenvalue weighted by Crippen LogP contribution is 2.52. The number of carbonyl (C=O) groups excluding carboxylic acids is 2. The number of amides is 2. The van der Waals surface area contributed by atoms with Crippen LogP contribution < -0.4 is 0 Å². The van der Waals surface area contributed by atoms with E-state index in [0.29, 0.717) is 19.2 Å². The van der Waals surface area contributed by atoms with Crippen LogP contribution in [0.15, 0.2) is 39.4 Å². The summed E-state index contributed by atoms with van der Waals surface area (Å²) in [6, 6.07) is 5.47. The summed E-state index contributed by atoms with van der Waals surface area (Å²) < 4.78 is 7.13. The Labute approximate surface area is 247 Å². The van der Waals surface area contributed by atoms with Gasteiger partial charge in [-0.05, 0) is 80.5 Å². The molecule has 0 unspecified atom stereocenters. The summed E-state index contributed by atoms with van der Waals surface area (Å²) in [6.07, 6.45) is 11.2. The molecule has 2 saturated heterocycles. The molecular weight excluding hydrogens is 569 g/mol. The molecule has 0 aromatic heterocycles. The van der Waals surface area contributed by atoms with Crippen LogP contribution >= 0.6 is 15.9 Å². The summed E-state index contributed by atoms with van der Waals surface area (Å²) >= 11 is 3.50. The summed E-state index contributed by atoms with van der Waals surface area (Å²) in [5.41, 5.74) is 4.39. The maximum atomic E-state index is 13.9. The number of nitrogens with zero attached hydrogens (tertiary/aromatic N) is 1. The van der Waals surface area contributed by atoms with Gasteiger partial charge in [0.15, 0.2) is 0 Å². The van der Waals surface area contributed by atoms with Crippen molar-refractivity contribution in [3.05, 3.63) is 45.0 Å². The lowest BCUT2D eigenvalue weighted by Crippen LogP contribution is -2.47. The number of allylic oxidation sites excluding steroid dienone is 2. The summed E-state index contributed by atoms with van der Waals surface area (Å²) in [5.74, 6) is -0.399. The molecule has 0 bridgehead atoms. The number of likely N-dealkylation sites (tertiary alicyclic amines) is 1. The van der Waals surface area contributed by atoms with E-state index in [9.17, 15) is 19.7 Å². The van der Waals surface area contributed by atoms with Crippen LogP contribution in [-0.4, -0.2) is 46.1 Å². The minimum atomic E-state index is -0.953. The molecule has 2 N–H and O–H groups in total. The molecular formula is C32H43BBrNO5. The number of hydrogen-bond acceptors (Lipinski definition) is 5. The van der Waals surface area contributed by atoms with Crippen LogP contribution in [0.2, 0.25) is 6.32 Å². The average molecular weight is 612 g/mol. The van der Waals surface area contributed by atoms with Crippen molar-refractivity contribution >= 4 is 40.9 Å². The fourth-order valence-electron chi connectivity index (χ4n) is 7.74. The van der Waals surface area contributed by atoms with Gasteiger partial charge in [-0.3, -0.25) is 14.5 Å². The molecule has 2 amide bonds. The number of halogens is 1. The minimum absolute atomic E-state index is 0.0126. The van der Waals surface area contributed by atoms with Gasteiger partial charge in [-0.25, -0.2) is 0 Å². The van der Waals surface area contributed by atoms with Crippen molar-refractivity contribution in [1.82, 2.24) is 4.90 Å². The SMILES string of the molecule is CCC/C(=C\c1cc(Br)ccc1O)CC[C@H]1OB(O)C[C@H]2C1=C(C(C)C)C[C@H]1C(=O)N(C3CCCCC3)C(=O)[C@H]12. The van der Waals surface area contributed by atoms with Crippen molar-refractivity contribution in [3.8, 4) is 5.75 Å². The standard InChI is InChI=1S/C32H43BBrNO5/c1-4-8-20(15-21-16-22(34)12-13-27(21)36)11-14-28-29-24(19(2)3)17-25-30(26(29)18-33(39)40-28)32(38)35(31(25)37)23-9-6-5-7-10-23/h12-13,15-16,19,23,25-26,28,30,36,39H,4-11,14,17-18H2,1-3H3/b20-15+/t25-,26+,28-,30-/m1/s1. The first-order chi connectivity index (χ1) is 19.2. The van der Waals surface area contributed by atoms with E-state index in [4.69, 9.17) is 4.65 Å². The highest BCUT2D eigenvalue weighted by molar-refractivity contribution is 9.10. The molecule has 1 saturated carbocycles. The van der Waals surface area contributed by atoms with E-state index in [1.54, 1.807) is 11.0 Å². The smallest absolute Gasteiger partial charge is 0.455 e. The lowest BCUT2D eigenvalue weighted by molar-refractivity contribution is -0.143. The minimum Gasteiger partial charge on any atom is -0.507 e. The number of phenolic OH excluding ortho intramolecular Hbond substituents is 1. The zero-order chi connectivity index (χ0) is 28.6. The van der Waals surface area contributed by atoms with Gasteiger partial charge in [0.25, 0.3) is 0 Å². The number of rotatable bonds is 8. The van der Waals surface area contributed by atoms with Crippen molar-refractivity contribution in [2.75, 3.05) is 0 Å². The van der Waals surface area contributed by atoms with Crippen LogP contribution in [0.4, 0.5) is 0 Å². The van der Waals surface area contributed by atoms with E-state index in [1.165, 1.54) is 17.6 Å². The fraction of sp³-hybridized carbons (Fsp3) is 0.625. The summed E-state index contributed by atoms with van der Waals surface area (Å²) in [5, 5.41) is 21.3. The summed E-state index contributed by atoms with van der Waals surface area (Å²) in [6.45, 7) is 6.48. The zero-order valence-corrected chi connectivity index (χ0v) is 25.7. The number of benzene rings is 1. The monoisotopic (exact) mass is 611 g/mol. The Kier molecular flexibility index (Phi) is 9.28. The van der Waals surface area contributed by atoms with Crippen molar-refractivity contribution in [2.45, 2.75) is 103 Å². The Morgan fingerprint density at radius 1 is 1.15 bits per heavy atom.